The van der Waals surface area contributed by atoms with Crippen molar-refractivity contribution < 1.29 is 0 Å². The molecule has 0 aliphatic carbocycles. The highest BCUT2D eigenvalue weighted by Gasteiger charge is 2.03. The highest BCUT2D eigenvalue weighted by molar-refractivity contribution is 6.33. The molecule has 6 heteroatoms. The molecule has 0 aliphatic heterocycles. The van der Waals surface area contributed by atoms with Crippen LogP contribution in [0.1, 0.15) is 11.1 Å². The van der Waals surface area contributed by atoms with Crippen LogP contribution in [0.4, 0.5) is 17.5 Å². The Balaban J connectivity index is 1.67. The van der Waals surface area contributed by atoms with E-state index in [2.05, 4.69) is 57.0 Å². The molecule has 0 fully saturated rings. The molecule has 2 N–H and O–H groups in total. The SMILES string of the molecule is Cc1ccc(CNc2nncc(Nc3ccccc3Cl)n2)cc1. The van der Waals surface area contributed by atoms with Gasteiger partial charge in [0, 0.05) is 6.54 Å². The van der Waals surface area contributed by atoms with Crippen LogP contribution in [-0.4, -0.2) is 15.2 Å². The first-order valence-corrected chi connectivity index (χ1v) is 7.59. The third-order valence-corrected chi connectivity index (χ3v) is 3.60. The van der Waals surface area contributed by atoms with E-state index in [9.17, 15) is 0 Å². The van der Waals surface area contributed by atoms with Gasteiger partial charge < -0.3 is 10.6 Å². The molecule has 0 bridgehead atoms. The summed E-state index contributed by atoms with van der Waals surface area (Å²) in [7, 11) is 0. The molecule has 0 amide bonds. The lowest BCUT2D eigenvalue weighted by Crippen LogP contribution is -2.06. The molecule has 1 heterocycles. The van der Waals surface area contributed by atoms with Crippen LogP contribution in [0.3, 0.4) is 0 Å². The number of para-hydroxylation sites is 1. The number of anilines is 3. The zero-order chi connectivity index (χ0) is 16.1. The zero-order valence-corrected chi connectivity index (χ0v) is 13.4. The fraction of sp³-hybridized carbons (Fsp3) is 0.118. The summed E-state index contributed by atoms with van der Waals surface area (Å²) in [4.78, 5) is 4.39. The van der Waals surface area contributed by atoms with Gasteiger partial charge in [-0.2, -0.15) is 10.1 Å². The van der Waals surface area contributed by atoms with E-state index in [1.165, 1.54) is 5.56 Å². The lowest BCUT2D eigenvalue weighted by molar-refractivity contribution is 0.948. The summed E-state index contributed by atoms with van der Waals surface area (Å²) in [5, 5.41) is 14.9. The Morgan fingerprint density at radius 2 is 1.83 bits per heavy atom. The van der Waals surface area contributed by atoms with Crippen LogP contribution in [0.5, 0.6) is 0 Å². The maximum Gasteiger partial charge on any atom is 0.244 e. The molecule has 0 saturated heterocycles. The van der Waals surface area contributed by atoms with Gasteiger partial charge in [0.1, 0.15) is 0 Å². The van der Waals surface area contributed by atoms with Crippen molar-refractivity contribution >= 4 is 29.1 Å². The monoisotopic (exact) mass is 325 g/mol. The van der Waals surface area contributed by atoms with Gasteiger partial charge in [0.2, 0.25) is 5.95 Å². The second kappa shape index (κ2) is 7.07. The average molecular weight is 326 g/mol. The van der Waals surface area contributed by atoms with Gasteiger partial charge in [-0.05, 0) is 24.6 Å². The van der Waals surface area contributed by atoms with Crippen LogP contribution in [-0.2, 0) is 6.54 Å². The van der Waals surface area contributed by atoms with Gasteiger partial charge in [-0.3, -0.25) is 0 Å². The number of rotatable bonds is 5. The van der Waals surface area contributed by atoms with Crippen molar-refractivity contribution in [2.24, 2.45) is 0 Å². The smallest absolute Gasteiger partial charge is 0.244 e. The van der Waals surface area contributed by atoms with Crippen molar-refractivity contribution in [3.63, 3.8) is 0 Å². The summed E-state index contributed by atoms with van der Waals surface area (Å²) in [6.07, 6.45) is 1.56. The summed E-state index contributed by atoms with van der Waals surface area (Å²) in [6.45, 7) is 2.70. The van der Waals surface area contributed by atoms with E-state index < -0.39 is 0 Å². The van der Waals surface area contributed by atoms with Gasteiger partial charge >= 0.3 is 0 Å². The van der Waals surface area contributed by atoms with E-state index >= 15 is 0 Å². The quantitative estimate of drug-likeness (QED) is 0.736. The van der Waals surface area contributed by atoms with Crippen LogP contribution in [0, 0.1) is 6.92 Å². The Labute approximate surface area is 139 Å². The minimum Gasteiger partial charge on any atom is -0.349 e. The molecule has 1 aromatic heterocycles. The largest absolute Gasteiger partial charge is 0.349 e. The lowest BCUT2D eigenvalue weighted by Gasteiger charge is -2.09. The molecule has 3 aromatic rings. The number of hydrogen-bond donors (Lipinski definition) is 2. The first-order chi connectivity index (χ1) is 11.2. The number of halogens is 1. The average Bonchev–Trinajstić information content (AvgIpc) is 2.57. The molecule has 0 saturated carbocycles. The summed E-state index contributed by atoms with van der Waals surface area (Å²) in [5.74, 6) is 1.04. The summed E-state index contributed by atoms with van der Waals surface area (Å²) < 4.78 is 0. The molecule has 23 heavy (non-hydrogen) atoms. The standard InChI is InChI=1S/C17H16ClN5/c1-12-6-8-13(9-7-12)10-19-17-22-16(11-20-23-17)21-15-5-3-2-4-14(15)18/h2-9,11H,10H2,1H3,(H2,19,21,22,23). The first kappa shape index (κ1) is 15.2. The van der Waals surface area contributed by atoms with Gasteiger partial charge in [-0.15, -0.1) is 5.10 Å². The molecular formula is C17H16ClN5. The summed E-state index contributed by atoms with van der Waals surface area (Å²) in [6, 6.07) is 15.8. The number of hydrogen-bond acceptors (Lipinski definition) is 5. The van der Waals surface area contributed by atoms with E-state index in [4.69, 9.17) is 11.6 Å². The van der Waals surface area contributed by atoms with E-state index in [1.54, 1.807) is 6.20 Å². The topological polar surface area (TPSA) is 62.7 Å². The molecule has 0 radical (unpaired) electrons. The van der Waals surface area contributed by atoms with Crippen molar-refractivity contribution in [3.8, 4) is 0 Å². The minimum atomic E-state index is 0.461. The Morgan fingerprint density at radius 1 is 1.04 bits per heavy atom. The van der Waals surface area contributed by atoms with Crippen molar-refractivity contribution in [3.05, 3.63) is 70.9 Å². The predicted octanol–water partition coefficient (Wildman–Crippen LogP) is 4.19. The fourth-order valence-corrected chi connectivity index (χ4v) is 2.21. The molecule has 0 atom stereocenters. The van der Waals surface area contributed by atoms with Crippen LogP contribution >= 0.6 is 11.6 Å². The normalized spacial score (nSPS) is 10.3. The molecule has 0 spiro atoms. The second-order valence-electron chi connectivity index (χ2n) is 5.11. The fourth-order valence-electron chi connectivity index (χ4n) is 2.03. The van der Waals surface area contributed by atoms with Crippen LogP contribution < -0.4 is 10.6 Å². The van der Waals surface area contributed by atoms with Gasteiger partial charge in [-0.25, -0.2) is 0 Å². The summed E-state index contributed by atoms with van der Waals surface area (Å²) in [5.41, 5.74) is 3.17. The highest BCUT2D eigenvalue weighted by Crippen LogP contribution is 2.23. The minimum absolute atomic E-state index is 0.461. The Hall–Kier alpha value is -2.66. The number of nitrogens with one attached hydrogen (secondary N) is 2. The van der Waals surface area contributed by atoms with Crippen LogP contribution in [0.2, 0.25) is 5.02 Å². The van der Waals surface area contributed by atoms with Gasteiger partial charge in [-0.1, -0.05) is 53.6 Å². The second-order valence-corrected chi connectivity index (χ2v) is 5.52. The molecule has 0 unspecified atom stereocenters. The number of aryl methyl sites for hydroxylation is 1. The molecule has 116 valence electrons. The maximum absolute atomic E-state index is 6.13. The number of benzene rings is 2. The Kier molecular flexibility index (Phi) is 4.68. The van der Waals surface area contributed by atoms with Crippen molar-refractivity contribution in [1.82, 2.24) is 15.2 Å². The third kappa shape index (κ3) is 4.17. The van der Waals surface area contributed by atoms with Gasteiger partial charge in [0.25, 0.3) is 0 Å². The van der Waals surface area contributed by atoms with E-state index in [0.29, 0.717) is 23.3 Å². The van der Waals surface area contributed by atoms with Crippen molar-refractivity contribution in [2.75, 3.05) is 10.6 Å². The van der Waals surface area contributed by atoms with Gasteiger partial charge in [0.15, 0.2) is 5.82 Å². The summed E-state index contributed by atoms with van der Waals surface area (Å²) >= 11 is 6.13. The third-order valence-electron chi connectivity index (χ3n) is 3.27. The number of nitrogens with zero attached hydrogens (tertiary/aromatic N) is 3. The zero-order valence-electron chi connectivity index (χ0n) is 12.6. The van der Waals surface area contributed by atoms with Crippen LogP contribution in [0.15, 0.2) is 54.7 Å². The highest BCUT2D eigenvalue weighted by atomic mass is 35.5. The molecule has 2 aromatic carbocycles. The predicted molar refractivity (Wildman–Crippen MR) is 93.1 cm³/mol. The van der Waals surface area contributed by atoms with E-state index in [0.717, 1.165) is 11.3 Å². The van der Waals surface area contributed by atoms with E-state index in [-0.39, 0.29) is 0 Å². The Morgan fingerprint density at radius 3 is 2.61 bits per heavy atom. The van der Waals surface area contributed by atoms with Crippen molar-refractivity contribution in [1.29, 1.82) is 0 Å². The van der Waals surface area contributed by atoms with E-state index in [1.807, 2.05) is 24.3 Å². The van der Waals surface area contributed by atoms with Crippen molar-refractivity contribution in [2.45, 2.75) is 13.5 Å². The van der Waals surface area contributed by atoms with Crippen LogP contribution in [0.25, 0.3) is 0 Å². The molecular weight excluding hydrogens is 310 g/mol. The Bertz CT molecular complexity index is 789. The molecule has 5 nitrogen and oxygen atoms in total. The lowest BCUT2D eigenvalue weighted by atomic mass is 10.1. The molecule has 3 rings (SSSR count). The van der Waals surface area contributed by atoms with Gasteiger partial charge in [0.05, 0.1) is 16.9 Å². The maximum atomic E-state index is 6.13. The number of aromatic nitrogens is 3. The molecule has 0 aliphatic rings. The first-order valence-electron chi connectivity index (χ1n) is 7.21.